The van der Waals surface area contributed by atoms with Gasteiger partial charge in [0.1, 0.15) is 0 Å². The zero-order chi connectivity index (χ0) is 43.9. The number of aryl methyl sites for hydroxylation is 2. The standard InChI is InChI=1S/C59H40N6/c1-38-29-39(2)31-46(30-38)45-27-28-56-48(34-45)47-25-15-16-26-55(47)65(56)57-49(53-35-51(41-17-7-3-8-18-41)61-58(63-53)43-21-11-5-12-22-43)32-40(37-60)33-50(57)54-36-52(42-19-9-4-10-20-42)62-59(64-54)44-23-13-6-14-24-44/h3-36H,1-2H3. The van der Waals surface area contributed by atoms with Crippen LogP contribution in [-0.2, 0) is 0 Å². The maximum Gasteiger partial charge on any atom is 0.160 e. The molecule has 0 radical (unpaired) electrons. The summed E-state index contributed by atoms with van der Waals surface area (Å²) in [6, 6.07) is 73.0. The fourth-order valence-electron chi connectivity index (χ4n) is 8.98. The molecule has 3 aromatic heterocycles. The Morgan fingerprint density at radius 2 is 0.815 bits per heavy atom. The van der Waals surface area contributed by atoms with E-state index in [4.69, 9.17) is 19.9 Å². The Bertz CT molecular complexity index is 3330. The molecule has 0 saturated carbocycles. The van der Waals surface area contributed by atoms with Crippen molar-refractivity contribution >= 4 is 21.8 Å². The van der Waals surface area contributed by atoms with E-state index in [1.54, 1.807) is 0 Å². The van der Waals surface area contributed by atoms with Crippen molar-refractivity contribution in [1.82, 2.24) is 24.5 Å². The van der Waals surface area contributed by atoms with Crippen molar-refractivity contribution in [2.24, 2.45) is 0 Å². The van der Waals surface area contributed by atoms with Crippen molar-refractivity contribution in [3.8, 4) is 90.7 Å². The van der Waals surface area contributed by atoms with E-state index < -0.39 is 0 Å². The first-order valence-corrected chi connectivity index (χ1v) is 21.7. The van der Waals surface area contributed by atoms with E-state index in [-0.39, 0.29) is 0 Å². The molecule has 0 aliphatic carbocycles. The SMILES string of the molecule is Cc1cc(C)cc(-c2ccc3c(c2)c2ccccc2n3-c2c(-c3cc(-c4ccccc4)nc(-c4ccccc4)n3)cc(C#N)cc2-c2cc(-c3ccccc3)nc(-c3ccccc3)n2)c1. The summed E-state index contributed by atoms with van der Waals surface area (Å²) in [5.74, 6) is 1.16. The van der Waals surface area contributed by atoms with Crippen LogP contribution in [0.1, 0.15) is 16.7 Å². The summed E-state index contributed by atoms with van der Waals surface area (Å²) < 4.78 is 2.33. The van der Waals surface area contributed by atoms with Gasteiger partial charge in [0.2, 0.25) is 0 Å². The van der Waals surface area contributed by atoms with Crippen molar-refractivity contribution in [1.29, 1.82) is 5.26 Å². The highest BCUT2D eigenvalue weighted by molar-refractivity contribution is 6.12. The normalized spacial score (nSPS) is 11.2. The first kappa shape index (κ1) is 39.1. The van der Waals surface area contributed by atoms with E-state index in [2.05, 4.69) is 109 Å². The van der Waals surface area contributed by atoms with Gasteiger partial charge in [-0.15, -0.1) is 0 Å². The van der Waals surface area contributed by atoms with Crippen LogP contribution in [0, 0.1) is 25.2 Å². The minimum atomic E-state index is 0.471. The maximum absolute atomic E-state index is 10.9. The summed E-state index contributed by atoms with van der Waals surface area (Å²) in [6.07, 6.45) is 0. The number of aromatic nitrogens is 5. The van der Waals surface area contributed by atoms with Gasteiger partial charge in [0.15, 0.2) is 11.6 Å². The number of fused-ring (bicyclic) bond motifs is 3. The Labute approximate surface area is 377 Å². The van der Waals surface area contributed by atoms with Crippen LogP contribution in [0.4, 0.5) is 0 Å². The van der Waals surface area contributed by atoms with Crippen LogP contribution in [0.2, 0.25) is 0 Å². The summed E-state index contributed by atoms with van der Waals surface area (Å²) in [7, 11) is 0. The monoisotopic (exact) mass is 832 g/mol. The predicted octanol–water partition coefficient (Wildman–Crippen LogP) is 14.5. The van der Waals surface area contributed by atoms with Crippen LogP contribution in [0.25, 0.3) is 106 Å². The molecule has 0 amide bonds. The Hall–Kier alpha value is -8.79. The molecule has 0 aliphatic heterocycles. The van der Waals surface area contributed by atoms with Crippen LogP contribution in [0.5, 0.6) is 0 Å². The molecule has 0 fully saturated rings. The molecule has 0 N–H and O–H groups in total. The topological polar surface area (TPSA) is 80.3 Å². The Morgan fingerprint density at radius 3 is 1.32 bits per heavy atom. The van der Waals surface area contributed by atoms with Gasteiger partial charge < -0.3 is 4.57 Å². The van der Waals surface area contributed by atoms with Crippen LogP contribution in [0.15, 0.2) is 206 Å². The van der Waals surface area contributed by atoms with E-state index in [1.807, 2.05) is 121 Å². The molecule has 6 heteroatoms. The molecule has 3 heterocycles. The summed E-state index contributed by atoms with van der Waals surface area (Å²) in [6.45, 7) is 4.29. The number of benzene rings is 8. The number of nitriles is 1. The fourth-order valence-corrected chi connectivity index (χ4v) is 8.98. The molecular formula is C59H40N6. The highest BCUT2D eigenvalue weighted by Crippen LogP contribution is 2.44. The molecule has 0 aliphatic rings. The van der Waals surface area contributed by atoms with Crippen molar-refractivity contribution in [3.63, 3.8) is 0 Å². The van der Waals surface area contributed by atoms with Gasteiger partial charge in [-0.05, 0) is 67.4 Å². The molecule has 6 nitrogen and oxygen atoms in total. The third kappa shape index (κ3) is 7.41. The van der Waals surface area contributed by atoms with Crippen LogP contribution in [-0.4, -0.2) is 24.5 Å². The van der Waals surface area contributed by atoms with Crippen molar-refractivity contribution in [2.45, 2.75) is 13.8 Å². The second-order valence-corrected chi connectivity index (χ2v) is 16.4. The zero-order valence-electron chi connectivity index (χ0n) is 35.8. The molecule has 11 aromatic rings. The summed E-state index contributed by atoms with van der Waals surface area (Å²) in [5.41, 5.74) is 16.2. The minimum absolute atomic E-state index is 0.471. The smallest absolute Gasteiger partial charge is 0.160 e. The summed E-state index contributed by atoms with van der Waals surface area (Å²) in [5, 5.41) is 13.1. The van der Waals surface area contributed by atoms with Gasteiger partial charge in [0.05, 0.1) is 51.1 Å². The molecule has 0 atom stereocenters. The molecule has 0 spiro atoms. The fraction of sp³-hybridized carbons (Fsp3) is 0.0339. The molecule has 306 valence electrons. The number of hydrogen-bond acceptors (Lipinski definition) is 5. The first-order chi connectivity index (χ1) is 32.0. The Morgan fingerprint density at radius 1 is 0.369 bits per heavy atom. The lowest BCUT2D eigenvalue weighted by molar-refractivity contribution is 1.14. The summed E-state index contributed by atoms with van der Waals surface area (Å²) in [4.78, 5) is 21.1. The molecule has 0 unspecified atom stereocenters. The third-order valence-corrected chi connectivity index (χ3v) is 11.9. The van der Waals surface area contributed by atoms with Crippen molar-refractivity contribution in [3.05, 3.63) is 223 Å². The Balaban J connectivity index is 1.28. The average molecular weight is 833 g/mol. The highest BCUT2D eigenvalue weighted by Gasteiger charge is 2.25. The van der Waals surface area contributed by atoms with Crippen LogP contribution in [0.3, 0.4) is 0 Å². The van der Waals surface area contributed by atoms with Gasteiger partial charge >= 0.3 is 0 Å². The van der Waals surface area contributed by atoms with E-state index in [0.717, 1.165) is 77.8 Å². The lowest BCUT2D eigenvalue weighted by Crippen LogP contribution is -2.05. The molecule has 0 saturated heterocycles. The third-order valence-electron chi connectivity index (χ3n) is 11.9. The van der Waals surface area contributed by atoms with Gasteiger partial charge in [-0.25, -0.2) is 19.9 Å². The number of para-hydroxylation sites is 1. The van der Waals surface area contributed by atoms with Gasteiger partial charge in [-0.1, -0.05) is 175 Å². The summed E-state index contributed by atoms with van der Waals surface area (Å²) >= 11 is 0. The predicted molar refractivity (Wildman–Crippen MR) is 264 cm³/mol. The van der Waals surface area contributed by atoms with E-state index in [1.165, 1.54) is 16.7 Å². The largest absolute Gasteiger partial charge is 0.308 e. The molecule has 0 bridgehead atoms. The lowest BCUT2D eigenvalue weighted by atomic mass is 9.95. The average Bonchev–Trinajstić information content (AvgIpc) is 3.69. The second-order valence-electron chi connectivity index (χ2n) is 16.4. The minimum Gasteiger partial charge on any atom is -0.308 e. The van der Waals surface area contributed by atoms with Gasteiger partial charge in [-0.2, -0.15) is 5.26 Å². The lowest BCUT2D eigenvalue weighted by Gasteiger charge is -2.20. The van der Waals surface area contributed by atoms with Gasteiger partial charge in [0, 0.05) is 44.2 Å². The first-order valence-electron chi connectivity index (χ1n) is 21.7. The number of nitrogens with zero attached hydrogens (tertiary/aromatic N) is 6. The molecule has 11 rings (SSSR count). The van der Waals surface area contributed by atoms with Crippen LogP contribution < -0.4 is 0 Å². The van der Waals surface area contributed by atoms with E-state index in [9.17, 15) is 5.26 Å². The van der Waals surface area contributed by atoms with Crippen molar-refractivity contribution < 1.29 is 0 Å². The van der Waals surface area contributed by atoms with Gasteiger partial charge in [0.25, 0.3) is 0 Å². The van der Waals surface area contributed by atoms with Crippen LogP contribution >= 0.6 is 0 Å². The van der Waals surface area contributed by atoms with E-state index in [0.29, 0.717) is 28.6 Å². The second kappa shape index (κ2) is 16.5. The zero-order valence-corrected chi connectivity index (χ0v) is 35.8. The molecule has 65 heavy (non-hydrogen) atoms. The number of rotatable bonds is 8. The van der Waals surface area contributed by atoms with Crippen molar-refractivity contribution in [2.75, 3.05) is 0 Å². The molecule has 8 aromatic carbocycles. The van der Waals surface area contributed by atoms with Gasteiger partial charge in [-0.3, -0.25) is 0 Å². The Kier molecular flexibility index (Phi) is 9.91. The molecular weight excluding hydrogens is 793 g/mol. The number of hydrogen-bond donors (Lipinski definition) is 0. The highest BCUT2D eigenvalue weighted by atomic mass is 15.0. The maximum atomic E-state index is 10.9. The quantitative estimate of drug-likeness (QED) is 0.152. The van der Waals surface area contributed by atoms with E-state index >= 15 is 0 Å².